The summed E-state index contributed by atoms with van der Waals surface area (Å²) in [6.45, 7) is 0. The van der Waals surface area contributed by atoms with Crippen molar-refractivity contribution in [3.63, 3.8) is 0 Å². The molecule has 10 heteroatoms. The van der Waals surface area contributed by atoms with Crippen LogP contribution in [0.2, 0.25) is 10.0 Å². The summed E-state index contributed by atoms with van der Waals surface area (Å²) in [6, 6.07) is 10.7. The quantitative estimate of drug-likeness (QED) is 0.375. The zero-order valence-corrected chi connectivity index (χ0v) is 17.4. The molecule has 4 aromatic rings. The van der Waals surface area contributed by atoms with Crippen LogP contribution in [-0.2, 0) is 0 Å². The number of methoxy groups -OCH3 is 1. The van der Waals surface area contributed by atoms with E-state index in [4.69, 9.17) is 40.2 Å². The first-order valence-electron chi connectivity index (χ1n) is 8.41. The number of thiocarbonyl (C=S) groups is 1. The highest BCUT2D eigenvalue weighted by Gasteiger charge is 2.11. The molecule has 7 nitrogen and oxygen atoms in total. The second-order valence-electron chi connectivity index (χ2n) is 6.03. The molecule has 2 aromatic carbocycles. The van der Waals surface area contributed by atoms with Crippen LogP contribution in [0.25, 0.3) is 22.4 Å². The SMILES string of the molecule is COc1ccc(-c2nc3cnncc3[nH]2)cc1NC(=S)Nc1cc(Cl)cc(Cl)c1. The molecule has 146 valence electrons. The van der Waals surface area contributed by atoms with Crippen molar-refractivity contribution in [1.29, 1.82) is 0 Å². The van der Waals surface area contributed by atoms with E-state index in [1.807, 2.05) is 18.2 Å². The Balaban J connectivity index is 1.60. The molecular weight excluding hydrogens is 431 g/mol. The van der Waals surface area contributed by atoms with Crippen molar-refractivity contribution in [2.45, 2.75) is 0 Å². The van der Waals surface area contributed by atoms with Crippen LogP contribution in [0.15, 0.2) is 48.8 Å². The van der Waals surface area contributed by atoms with Gasteiger partial charge < -0.3 is 20.4 Å². The normalized spacial score (nSPS) is 10.7. The molecule has 3 N–H and O–H groups in total. The number of aromatic amines is 1. The summed E-state index contributed by atoms with van der Waals surface area (Å²) < 4.78 is 5.44. The summed E-state index contributed by atoms with van der Waals surface area (Å²) in [5.41, 5.74) is 3.73. The molecule has 4 rings (SSSR count). The van der Waals surface area contributed by atoms with E-state index in [0.717, 1.165) is 16.6 Å². The van der Waals surface area contributed by atoms with E-state index >= 15 is 0 Å². The van der Waals surface area contributed by atoms with Crippen molar-refractivity contribution in [2.75, 3.05) is 17.7 Å². The number of anilines is 2. The molecule has 0 radical (unpaired) electrons. The van der Waals surface area contributed by atoms with E-state index in [9.17, 15) is 0 Å². The monoisotopic (exact) mass is 444 g/mol. The van der Waals surface area contributed by atoms with Gasteiger partial charge in [-0.3, -0.25) is 0 Å². The van der Waals surface area contributed by atoms with Crippen LogP contribution in [0.3, 0.4) is 0 Å². The lowest BCUT2D eigenvalue weighted by Gasteiger charge is -2.14. The predicted octanol–water partition coefficient (Wildman–Crippen LogP) is 5.14. The standard InChI is InChI=1S/C19H14Cl2N6OS/c1-28-17-3-2-10(18-25-15-8-22-23-9-16(15)26-18)4-14(17)27-19(29)24-13-6-11(20)5-12(21)7-13/h2-9H,1H3,(H,25,26)(H2,24,27,29). The molecule has 0 fully saturated rings. The second-order valence-corrected chi connectivity index (χ2v) is 7.31. The molecule has 0 saturated heterocycles. The average Bonchev–Trinajstić information content (AvgIpc) is 3.11. The lowest BCUT2D eigenvalue weighted by molar-refractivity contribution is 0.417. The Labute approximate surface area is 181 Å². The van der Waals surface area contributed by atoms with Gasteiger partial charge in [-0.1, -0.05) is 23.2 Å². The first-order valence-corrected chi connectivity index (χ1v) is 9.57. The maximum atomic E-state index is 6.04. The fourth-order valence-corrected chi connectivity index (χ4v) is 3.53. The first kappa shape index (κ1) is 19.4. The Morgan fingerprint density at radius 1 is 1.03 bits per heavy atom. The smallest absolute Gasteiger partial charge is 0.175 e. The van der Waals surface area contributed by atoms with Crippen LogP contribution in [-0.4, -0.2) is 32.4 Å². The zero-order valence-electron chi connectivity index (χ0n) is 15.0. The average molecular weight is 445 g/mol. The molecule has 29 heavy (non-hydrogen) atoms. The van der Waals surface area contributed by atoms with Crippen LogP contribution < -0.4 is 15.4 Å². The van der Waals surface area contributed by atoms with Crippen LogP contribution in [0.4, 0.5) is 11.4 Å². The van der Waals surface area contributed by atoms with Gasteiger partial charge in [-0.15, -0.1) is 0 Å². The van der Waals surface area contributed by atoms with E-state index in [1.54, 1.807) is 37.7 Å². The van der Waals surface area contributed by atoms with Gasteiger partial charge in [0.15, 0.2) is 5.11 Å². The van der Waals surface area contributed by atoms with Crippen LogP contribution in [0.1, 0.15) is 0 Å². The molecule has 0 aliphatic heterocycles. The lowest BCUT2D eigenvalue weighted by Crippen LogP contribution is -2.19. The van der Waals surface area contributed by atoms with Crippen molar-refractivity contribution in [1.82, 2.24) is 20.2 Å². The van der Waals surface area contributed by atoms with E-state index < -0.39 is 0 Å². The molecular formula is C19H14Cl2N6OS. The van der Waals surface area contributed by atoms with Gasteiger partial charge in [-0.05, 0) is 48.6 Å². The Hall–Kier alpha value is -2.94. The van der Waals surface area contributed by atoms with Crippen molar-refractivity contribution in [3.05, 3.63) is 58.8 Å². The third-order valence-corrected chi connectivity index (χ3v) is 4.68. The number of imidazole rings is 1. The predicted molar refractivity (Wildman–Crippen MR) is 120 cm³/mol. The van der Waals surface area contributed by atoms with Gasteiger partial charge in [0.25, 0.3) is 0 Å². The Bertz CT molecular complexity index is 1160. The minimum Gasteiger partial charge on any atom is -0.495 e. The number of benzene rings is 2. The maximum absolute atomic E-state index is 6.04. The van der Waals surface area contributed by atoms with Gasteiger partial charge in [0.2, 0.25) is 0 Å². The molecule has 0 spiro atoms. The highest BCUT2D eigenvalue weighted by atomic mass is 35.5. The molecule has 2 aromatic heterocycles. The number of aromatic nitrogens is 4. The molecule has 0 aliphatic carbocycles. The molecule has 2 heterocycles. The van der Waals surface area contributed by atoms with E-state index in [-0.39, 0.29) is 0 Å². The fourth-order valence-electron chi connectivity index (χ4n) is 2.78. The zero-order chi connectivity index (χ0) is 20.4. The molecule has 0 bridgehead atoms. The summed E-state index contributed by atoms with van der Waals surface area (Å²) >= 11 is 17.5. The number of nitrogens with one attached hydrogen (secondary N) is 3. The number of nitrogens with zero attached hydrogens (tertiary/aromatic N) is 3. The summed E-state index contributed by atoms with van der Waals surface area (Å²) in [5.74, 6) is 1.31. The fraction of sp³-hybridized carbons (Fsp3) is 0.0526. The summed E-state index contributed by atoms with van der Waals surface area (Å²) in [5, 5.41) is 15.3. The van der Waals surface area contributed by atoms with Gasteiger partial charge in [-0.2, -0.15) is 10.2 Å². The van der Waals surface area contributed by atoms with Crippen LogP contribution >= 0.6 is 35.4 Å². The van der Waals surface area contributed by atoms with Crippen molar-refractivity contribution >= 4 is 62.9 Å². The van der Waals surface area contributed by atoms with Gasteiger partial charge in [-0.25, -0.2) is 4.98 Å². The number of hydrogen-bond donors (Lipinski definition) is 3. The highest BCUT2D eigenvalue weighted by Crippen LogP contribution is 2.31. The summed E-state index contributed by atoms with van der Waals surface area (Å²) in [4.78, 5) is 7.76. The van der Waals surface area contributed by atoms with Crippen LogP contribution in [0, 0.1) is 0 Å². The topological polar surface area (TPSA) is 87.8 Å². The van der Waals surface area contributed by atoms with Crippen molar-refractivity contribution in [3.8, 4) is 17.1 Å². The lowest BCUT2D eigenvalue weighted by atomic mass is 10.1. The number of ether oxygens (including phenoxy) is 1. The minimum absolute atomic E-state index is 0.358. The maximum Gasteiger partial charge on any atom is 0.175 e. The van der Waals surface area contributed by atoms with E-state index in [1.165, 1.54) is 0 Å². The van der Waals surface area contributed by atoms with Gasteiger partial charge in [0, 0.05) is 21.3 Å². The molecule has 0 aliphatic rings. The van der Waals surface area contributed by atoms with E-state index in [2.05, 4.69) is 30.8 Å². The molecule has 0 atom stereocenters. The Morgan fingerprint density at radius 3 is 2.52 bits per heavy atom. The molecule has 0 amide bonds. The molecule has 0 saturated carbocycles. The highest BCUT2D eigenvalue weighted by molar-refractivity contribution is 7.80. The van der Waals surface area contributed by atoms with Crippen molar-refractivity contribution in [2.24, 2.45) is 0 Å². The summed E-state index contributed by atoms with van der Waals surface area (Å²) in [6.07, 6.45) is 3.23. The van der Waals surface area contributed by atoms with Gasteiger partial charge in [0.05, 0.1) is 30.7 Å². The number of H-pyrrole nitrogens is 1. The summed E-state index contributed by atoms with van der Waals surface area (Å²) in [7, 11) is 1.59. The second kappa shape index (κ2) is 8.20. The first-order chi connectivity index (χ1) is 14.0. The minimum atomic E-state index is 0.358. The molecule has 0 unspecified atom stereocenters. The number of fused-ring (bicyclic) bond motifs is 1. The largest absolute Gasteiger partial charge is 0.495 e. The number of halogens is 2. The number of hydrogen-bond acceptors (Lipinski definition) is 5. The third kappa shape index (κ3) is 4.40. The van der Waals surface area contributed by atoms with Gasteiger partial charge >= 0.3 is 0 Å². The van der Waals surface area contributed by atoms with Crippen LogP contribution in [0.5, 0.6) is 5.75 Å². The third-order valence-electron chi connectivity index (χ3n) is 4.04. The van der Waals surface area contributed by atoms with E-state index in [0.29, 0.717) is 38.1 Å². The van der Waals surface area contributed by atoms with Crippen molar-refractivity contribution < 1.29 is 4.74 Å². The van der Waals surface area contributed by atoms with Gasteiger partial charge in [0.1, 0.15) is 17.1 Å². The number of rotatable bonds is 4. The Morgan fingerprint density at radius 2 is 1.79 bits per heavy atom. The Kier molecular flexibility index (Phi) is 5.48.